The van der Waals surface area contributed by atoms with Gasteiger partial charge in [-0.05, 0) is 12.8 Å². The average molecular weight is 381 g/mol. The zero-order valence-electron chi connectivity index (χ0n) is 15.8. The third-order valence-electron chi connectivity index (χ3n) is 4.45. The molecule has 1 aromatic heterocycles. The molecule has 2 heterocycles. The highest BCUT2D eigenvalue weighted by atomic mass is 32.1. The molecule has 7 nitrogen and oxygen atoms in total. The maximum absolute atomic E-state index is 12.4. The number of carbonyl (C=O) groups excluding carboxylic acids is 2. The number of rotatable bonds is 5. The Bertz CT molecular complexity index is 680. The summed E-state index contributed by atoms with van der Waals surface area (Å²) in [6.07, 6.45) is 1.43. The van der Waals surface area contributed by atoms with E-state index in [-0.39, 0.29) is 36.7 Å². The van der Waals surface area contributed by atoms with E-state index < -0.39 is 11.9 Å². The fourth-order valence-electron chi connectivity index (χ4n) is 2.82. The van der Waals surface area contributed by atoms with Gasteiger partial charge in [-0.3, -0.25) is 14.4 Å². The fraction of sp³-hybridized carbons (Fsp3) is 0.667. The highest BCUT2D eigenvalue weighted by Crippen LogP contribution is 2.25. The van der Waals surface area contributed by atoms with Crippen molar-refractivity contribution in [1.29, 1.82) is 0 Å². The van der Waals surface area contributed by atoms with Crippen LogP contribution in [0.2, 0.25) is 0 Å². The molecule has 1 aromatic rings. The highest BCUT2D eigenvalue weighted by molar-refractivity contribution is 7.09. The highest BCUT2D eigenvalue weighted by Gasteiger charge is 2.29. The molecular weight excluding hydrogens is 354 g/mol. The zero-order valence-corrected chi connectivity index (χ0v) is 16.6. The number of amides is 2. The van der Waals surface area contributed by atoms with Crippen LogP contribution in [0.4, 0.5) is 0 Å². The number of likely N-dealkylation sites (N-methyl/N-ethyl adjacent to an activating group) is 1. The number of thiazole rings is 1. The summed E-state index contributed by atoms with van der Waals surface area (Å²) in [4.78, 5) is 43.4. The Labute approximate surface area is 158 Å². The number of aromatic nitrogens is 1. The van der Waals surface area contributed by atoms with E-state index in [0.29, 0.717) is 25.1 Å². The average Bonchev–Trinajstić information content (AvgIpc) is 3.03. The zero-order chi connectivity index (χ0) is 19.5. The number of aliphatic carboxylic acids is 1. The number of carboxylic acids is 1. The van der Waals surface area contributed by atoms with Crippen molar-refractivity contribution in [2.45, 2.75) is 45.4 Å². The van der Waals surface area contributed by atoms with Crippen LogP contribution in [0.3, 0.4) is 0 Å². The number of hydrogen-bond donors (Lipinski definition) is 1. The summed E-state index contributed by atoms with van der Waals surface area (Å²) in [6, 6.07) is 0. The SMILES string of the molecule is CN(CC(=O)N1CCCC(C(=O)O)C1)C(=O)Cc1csc(C(C)(C)C)n1. The third kappa shape index (κ3) is 5.27. The number of hydrogen-bond acceptors (Lipinski definition) is 5. The lowest BCUT2D eigenvalue weighted by Gasteiger charge is -2.32. The molecule has 1 saturated heterocycles. The first kappa shape index (κ1) is 20.4. The molecule has 8 heteroatoms. The molecule has 2 amide bonds. The van der Waals surface area contributed by atoms with Gasteiger partial charge in [0, 0.05) is 30.9 Å². The maximum Gasteiger partial charge on any atom is 0.308 e. The van der Waals surface area contributed by atoms with Gasteiger partial charge in [-0.1, -0.05) is 20.8 Å². The molecule has 0 radical (unpaired) electrons. The van der Waals surface area contributed by atoms with Crippen molar-refractivity contribution in [3.63, 3.8) is 0 Å². The molecule has 0 aromatic carbocycles. The van der Waals surface area contributed by atoms with Crippen LogP contribution in [0.25, 0.3) is 0 Å². The minimum atomic E-state index is -0.870. The second-order valence-corrected chi connectivity index (χ2v) is 8.70. The lowest BCUT2D eigenvalue weighted by atomic mass is 9.98. The Morgan fingerprint density at radius 3 is 2.65 bits per heavy atom. The number of piperidine rings is 1. The molecule has 1 aliphatic rings. The molecule has 2 rings (SSSR count). The monoisotopic (exact) mass is 381 g/mol. The number of likely N-dealkylation sites (tertiary alicyclic amines) is 1. The summed E-state index contributed by atoms with van der Waals surface area (Å²) in [5, 5.41) is 12.0. The normalized spacial score (nSPS) is 17.8. The largest absolute Gasteiger partial charge is 0.481 e. The smallest absolute Gasteiger partial charge is 0.308 e. The summed E-state index contributed by atoms with van der Waals surface area (Å²) < 4.78 is 0. The summed E-state index contributed by atoms with van der Waals surface area (Å²) >= 11 is 1.54. The van der Waals surface area contributed by atoms with E-state index >= 15 is 0 Å². The van der Waals surface area contributed by atoms with Gasteiger partial charge in [0.15, 0.2) is 0 Å². The Kier molecular flexibility index (Phi) is 6.39. The van der Waals surface area contributed by atoms with Gasteiger partial charge in [0.2, 0.25) is 11.8 Å². The Morgan fingerprint density at radius 1 is 1.38 bits per heavy atom. The maximum atomic E-state index is 12.4. The summed E-state index contributed by atoms with van der Waals surface area (Å²) in [5.74, 6) is -1.76. The van der Waals surface area contributed by atoms with Gasteiger partial charge in [-0.25, -0.2) is 4.98 Å². The molecule has 0 bridgehead atoms. The molecule has 1 N–H and O–H groups in total. The Hall–Kier alpha value is -1.96. The summed E-state index contributed by atoms with van der Waals surface area (Å²) in [5.41, 5.74) is 0.663. The van der Waals surface area contributed by atoms with Gasteiger partial charge < -0.3 is 14.9 Å². The first-order chi connectivity index (χ1) is 12.1. The first-order valence-electron chi connectivity index (χ1n) is 8.77. The second-order valence-electron chi connectivity index (χ2n) is 7.84. The van der Waals surface area contributed by atoms with Gasteiger partial charge in [0.25, 0.3) is 0 Å². The van der Waals surface area contributed by atoms with E-state index in [1.807, 2.05) is 5.38 Å². The lowest BCUT2D eigenvalue weighted by molar-refractivity contribution is -0.147. The number of carbonyl (C=O) groups is 3. The molecular formula is C18H27N3O4S. The van der Waals surface area contributed by atoms with E-state index in [1.54, 1.807) is 11.9 Å². The first-order valence-corrected chi connectivity index (χ1v) is 9.65. The van der Waals surface area contributed by atoms with Crippen LogP contribution < -0.4 is 0 Å². The molecule has 1 fully saturated rings. The minimum Gasteiger partial charge on any atom is -0.481 e. The van der Waals surface area contributed by atoms with Crippen LogP contribution in [0.15, 0.2) is 5.38 Å². The van der Waals surface area contributed by atoms with Crippen LogP contribution in [0, 0.1) is 5.92 Å². The van der Waals surface area contributed by atoms with Crippen molar-refractivity contribution in [1.82, 2.24) is 14.8 Å². The van der Waals surface area contributed by atoms with Crippen molar-refractivity contribution in [2.75, 3.05) is 26.7 Å². The molecule has 1 atom stereocenters. The summed E-state index contributed by atoms with van der Waals surface area (Å²) in [6.45, 7) is 6.95. The Morgan fingerprint density at radius 2 is 2.08 bits per heavy atom. The molecule has 26 heavy (non-hydrogen) atoms. The predicted octanol–water partition coefficient (Wildman–Crippen LogP) is 1.76. The molecule has 0 aliphatic carbocycles. The van der Waals surface area contributed by atoms with Crippen LogP contribution in [-0.2, 0) is 26.2 Å². The van der Waals surface area contributed by atoms with E-state index in [9.17, 15) is 14.4 Å². The van der Waals surface area contributed by atoms with Crippen LogP contribution in [0.5, 0.6) is 0 Å². The van der Waals surface area contributed by atoms with E-state index in [2.05, 4.69) is 25.8 Å². The Balaban J connectivity index is 1.89. The molecule has 1 aliphatic heterocycles. The van der Waals surface area contributed by atoms with Crippen molar-refractivity contribution in [3.8, 4) is 0 Å². The van der Waals surface area contributed by atoms with Gasteiger partial charge in [0.05, 0.1) is 29.6 Å². The predicted molar refractivity (Wildman–Crippen MR) is 99.1 cm³/mol. The van der Waals surface area contributed by atoms with Crippen LogP contribution in [0.1, 0.15) is 44.3 Å². The lowest BCUT2D eigenvalue weighted by Crippen LogP contribution is -2.47. The molecule has 1 unspecified atom stereocenters. The number of carboxylic acid groups (broad SMARTS) is 1. The van der Waals surface area contributed by atoms with Gasteiger partial charge in [0.1, 0.15) is 0 Å². The second kappa shape index (κ2) is 8.16. The van der Waals surface area contributed by atoms with Crippen LogP contribution >= 0.6 is 11.3 Å². The van der Waals surface area contributed by atoms with Crippen molar-refractivity contribution in [2.24, 2.45) is 5.92 Å². The molecule has 0 saturated carbocycles. The molecule has 0 spiro atoms. The summed E-state index contributed by atoms with van der Waals surface area (Å²) in [7, 11) is 1.59. The minimum absolute atomic E-state index is 0.0402. The standard InChI is InChI=1S/C18H27N3O4S/c1-18(2,3)17-19-13(11-26-17)8-14(22)20(4)10-15(23)21-7-5-6-12(9-21)16(24)25/h11-12H,5-10H2,1-4H3,(H,24,25). The van der Waals surface area contributed by atoms with Gasteiger partial charge in [-0.15, -0.1) is 11.3 Å². The fourth-order valence-corrected chi connectivity index (χ4v) is 3.73. The number of nitrogens with zero attached hydrogens (tertiary/aromatic N) is 3. The van der Waals surface area contributed by atoms with Gasteiger partial charge in [-0.2, -0.15) is 0 Å². The van der Waals surface area contributed by atoms with Crippen molar-refractivity contribution < 1.29 is 19.5 Å². The van der Waals surface area contributed by atoms with E-state index in [0.717, 1.165) is 5.01 Å². The van der Waals surface area contributed by atoms with E-state index in [4.69, 9.17) is 5.11 Å². The van der Waals surface area contributed by atoms with Crippen molar-refractivity contribution in [3.05, 3.63) is 16.1 Å². The third-order valence-corrected chi connectivity index (χ3v) is 5.76. The van der Waals surface area contributed by atoms with Crippen molar-refractivity contribution >= 4 is 29.1 Å². The van der Waals surface area contributed by atoms with E-state index in [1.165, 1.54) is 16.2 Å². The molecule has 144 valence electrons. The topological polar surface area (TPSA) is 90.8 Å². The van der Waals surface area contributed by atoms with Gasteiger partial charge >= 0.3 is 5.97 Å². The van der Waals surface area contributed by atoms with Crippen LogP contribution in [-0.4, -0.2) is 64.4 Å². The quantitative estimate of drug-likeness (QED) is 0.839.